The minimum Gasteiger partial charge on any atom is -0.478 e. The van der Waals surface area contributed by atoms with E-state index >= 15 is 0 Å². The molecule has 6 heteroatoms. The van der Waals surface area contributed by atoms with Gasteiger partial charge in [-0.25, -0.2) is 9.48 Å². The van der Waals surface area contributed by atoms with Crippen molar-refractivity contribution in [3.63, 3.8) is 0 Å². The minimum absolute atomic E-state index is 0.173. The monoisotopic (exact) mass is 320 g/mol. The quantitative estimate of drug-likeness (QED) is 0.558. The Morgan fingerprint density at radius 3 is 2.62 bits per heavy atom. The van der Waals surface area contributed by atoms with Crippen LogP contribution in [0.5, 0.6) is 0 Å². The number of aromatic nitrogens is 2. The maximum absolute atomic E-state index is 11.2. The van der Waals surface area contributed by atoms with E-state index in [4.69, 9.17) is 5.11 Å². The number of benzene rings is 2. The summed E-state index contributed by atoms with van der Waals surface area (Å²) in [6, 6.07) is 16.4. The fourth-order valence-electron chi connectivity index (χ4n) is 2.25. The van der Waals surface area contributed by atoms with Crippen molar-refractivity contribution in [3.05, 3.63) is 77.6 Å². The molecule has 0 aliphatic rings. The minimum atomic E-state index is -0.999. The van der Waals surface area contributed by atoms with Gasteiger partial charge in [-0.05, 0) is 31.2 Å². The molecule has 0 bridgehead atoms. The van der Waals surface area contributed by atoms with Gasteiger partial charge >= 0.3 is 5.97 Å². The van der Waals surface area contributed by atoms with Crippen LogP contribution >= 0.6 is 0 Å². The summed E-state index contributed by atoms with van der Waals surface area (Å²) in [7, 11) is 0. The van der Waals surface area contributed by atoms with Crippen LogP contribution in [0.25, 0.3) is 5.69 Å². The molecule has 0 radical (unpaired) electrons. The average Bonchev–Trinajstić information content (AvgIpc) is 2.97. The Morgan fingerprint density at radius 1 is 1.17 bits per heavy atom. The summed E-state index contributed by atoms with van der Waals surface area (Å²) < 4.78 is 1.78. The molecule has 3 rings (SSSR count). The molecule has 0 saturated heterocycles. The summed E-state index contributed by atoms with van der Waals surface area (Å²) in [6.07, 6.45) is 3.50. The second-order valence-electron chi connectivity index (χ2n) is 5.17. The van der Waals surface area contributed by atoms with Crippen molar-refractivity contribution in [1.82, 2.24) is 9.78 Å². The van der Waals surface area contributed by atoms with Crippen molar-refractivity contribution in [2.75, 3.05) is 5.43 Å². The van der Waals surface area contributed by atoms with Crippen LogP contribution in [0.2, 0.25) is 0 Å². The highest BCUT2D eigenvalue weighted by Gasteiger charge is 2.08. The molecule has 24 heavy (non-hydrogen) atoms. The molecular weight excluding hydrogens is 304 g/mol. The lowest BCUT2D eigenvalue weighted by atomic mass is 10.2. The number of hydrogen-bond acceptors (Lipinski definition) is 4. The van der Waals surface area contributed by atoms with E-state index < -0.39 is 5.97 Å². The highest BCUT2D eigenvalue weighted by Crippen LogP contribution is 2.15. The van der Waals surface area contributed by atoms with Gasteiger partial charge in [-0.1, -0.05) is 30.3 Å². The Balaban J connectivity index is 1.79. The number of para-hydroxylation sites is 2. The molecule has 2 aromatic carbocycles. The van der Waals surface area contributed by atoms with Crippen molar-refractivity contribution in [2.45, 2.75) is 6.92 Å². The van der Waals surface area contributed by atoms with Gasteiger partial charge in [0.15, 0.2) is 0 Å². The normalized spacial score (nSPS) is 10.9. The third kappa shape index (κ3) is 3.33. The summed E-state index contributed by atoms with van der Waals surface area (Å²) in [6.45, 7) is 1.89. The highest BCUT2D eigenvalue weighted by molar-refractivity contribution is 5.94. The number of hydrazone groups is 1. The zero-order valence-corrected chi connectivity index (χ0v) is 13.0. The van der Waals surface area contributed by atoms with Crippen molar-refractivity contribution in [2.24, 2.45) is 5.10 Å². The van der Waals surface area contributed by atoms with E-state index in [0.717, 1.165) is 16.9 Å². The van der Waals surface area contributed by atoms with Crippen LogP contribution < -0.4 is 5.43 Å². The SMILES string of the molecule is Cc1nn(-c2ccccc2)cc1/C=N\Nc1ccccc1C(=O)O. The van der Waals surface area contributed by atoms with Crippen LogP contribution in [-0.4, -0.2) is 27.1 Å². The van der Waals surface area contributed by atoms with Gasteiger partial charge in [0.2, 0.25) is 0 Å². The molecule has 0 amide bonds. The largest absolute Gasteiger partial charge is 0.478 e. The first-order valence-corrected chi connectivity index (χ1v) is 7.38. The van der Waals surface area contributed by atoms with Crippen molar-refractivity contribution in [1.29, 1.82) is 0 Å². The average molecular weight is 320 g/mol. The van der Waals surface area contributed by atoms with E-state index in [0.29, 0.717) is 5.69 Å². The van der Waals surface area contributed by atoms with Crippen LogP contribution in [-0.2, 0) is 0 Å². The summed E-state index contributed by atoms with van der Waals surface area (Å²) in [5, 5.41) is 17.7. The fourth-order valence-corrected chi connectivity index (χ4v) is 2.25. The lowest BCUT2D eigenvalue weighted by Crippen LogP contribution is -2.02. The molecule has 0 atom stereocenters. The van der Waals surface area contributed by atoms with Gasteiger partial charge in [0.05, 0.1) is 28.8 Å². The molecule has 0 fully saturated rings. The smallest absolute Gasteiger partial charge is 0.337 e. The number of nitrogens with zero attached hydrogens (tertiary/aromatic N) is 3. The van der Waals surface area contributed by atoms with Gasteiger partial charge in [0.25, 0.3) is 0 Å². The van der Waals surface area contributed by atoms with Gasteiger partial charge < -0.3 is 5.11 Å². The van der Waals surface area contributed by atoms with E-state index in [1.165, 1.54) is 6.07 Å². The van der Waals surface area contributed by atoms with Gasteiger partial charge in [-0.3, -0.25) is 5.43 Å². The lowest BCUT2D eigenvalue weighted by Gasteiger charge is -2.03. The first kappa shape index (κ1) is 15.5. The number of aromatic carboxylic acids is 1. The maximum atomic E-state index is 11.2. The van der Waals surface area contributed by atoms with Crippen molar-refractivity contribution in [3.8, 4) is 5.69 Å². The second-order valence-corrected chi connectivity index (χ2v) is 5.17. The Morgan fingerprint density at radius 2 is 1.88 bits per heavy atom. The number of anilines is 1. The first-order chi connectivity index (χ1) is 11.6. The van der Waals surface area contributed by atoms with E-state index in [-0.39, 0.29) is 5.56 Å². The number of hydrogen-bond donors (Lipinski definition) is 2. The molecular formula is C18H16N4O2. The number of carboxylic acid groups (broad SMARTS) is 1. The second kappa shape index (κ2) is 6.78. The molecule has 120 valence electrons. The summed E-state index contributed by atoms with van der Waals surface area (Å²) >= 11 is 0. The summed E-state index contributed by atoms with van der Waals surface area (Å²) in [5.74, 6) is -0.999. The molecule has 1 heterocycles. The highest BCUT2D eigenvalue weighted by atomic mass is 16.4. The van der Waals surface area contributed by atoms with Crippen LogP contribution in [0.15, 0.2) is 65.9 Å². The van der Waals surface area contributed by atoms with Crippen molar-refractivity contribution >= 4 is 17.9 Å². The third-order valence-electron chi connectivity index (χ3n) is 3.50. The molecule has 0 aliphatic heterocycles. The van der Waals surface area contributed by atoms with Crippen LogP contribution in [0, 0.1) is 6.92 Å². The molecule has 0 saturated carbocycles. The standard InChI is InChI=1S/C18H16N4O2/c1-13-14(12-22(21-13)15-7-3-2-4-8-15)11-19-20-17-10-6-5-9-16(17)18(23)24/h2-12,20H,1H3,(H,23,24)/b19-11-. The zero-order chi connectivity index (χ0) is 16.9. The molecule has 0 spiro atoms. The van der Waals surface area contributed by atoms with E-state index in [2.05, 4.69) is 15.6 Å². The summed E-state index contributed by atoms with van der Waals surface area (Å²) in [4.78, 5) is 11.2. The lowest BCUT2D eigenvalue weighted by molar-refractivity contribution is 0.0698. The number of carbonyl (C=O) groups is 1. The van der Waals surface area contributed by atoms with Crippen LogP contribution in [0.3, 0.4) is 0 Å². The maximum Gasteiger partial charge on any atom is 0.337 e. The van der Waals surface area contributed by atoms with Gasteiger partial charge in [-0.15, -0.1) is 0 Å². The molecule has 6 nitrogen and oxygen atoms in total. The number of carboxylic acids is 1. The first-order valence-electron chi connectivity index (χ1n) is 7.38. The Hall–Kier alpha value is -3.41. The molecule has 0 unspecified atom stereocenters. The number of aryl methyl sites for hydroxylation is 1. The topological polar surface area (TPSA) is 79.5 Å². The van der Waals surface area contributed by atoms with Crippen LogP contribution in [0.4, 0.5) is 5.69 Å². The van der Waals surface area contributed by atoms with Gasteiger partial charge in [0, 0.05) is 11.8 Å². The van der Waals surface area contributed by atoms with Gasteiger partial charge in [0.1, 0.15) is 0 Å². The summed E-state index contributed by atoms with van der Waals surface area (Å²) in [5.41, 5.74) is 6.02. The predicted octanol–water partition coefficient (Wildman–Crippen LogP) is 3.32. The van der Waals surface area contributed by atoms with Gasteiger partial charge in [-0.2, -0.15) is 10.2 Å². The molecule has 0 aliphatic carbocycles. The Labute approximate surface area is 139 Å². The Bertz CT molecular complexity index is 885. The number of nitrogens with one attached hydrogen (secondary N) is 1. The van der Waals surface area contributed by atoms with E-state index in [1.807, 2.05) is 43.5 Å². The predicted molar refractivity (Wildman–Crippen MR) is 92.9 cm³/mol. The molecule has 2 N–H and O–H groups in total. The fraction of sp³-hybridized carbons (Fsp3) is 0.0556. The molecule has 3 aromatic rings. The number of rotatable bonds is 5. The van der Waals surface area contributed by atoms with Crippen molar-refractivity contribution < 1.29 is 9.90 Å². The van der Waals surface area contributed by atoms with Crippen LogP contribution in [0.1, 0.15) is 21.6 Å². The van der Waals surface area contributed by atoms with E-state index in [9.17, 15) is 4.79 Å². The third-order valence-corrected chi connectivity index (χ3v) is 3.50. The van der Waals surface area contributed by atoms with E-state index in [1.54, 1.807) is 29.1 Å². The Kier molecular flexibility index (Phi) is 4.38. The zero-order valence-electron chi connectivity index (χ0n) is 13.0. The molecule has 1 aromatic heterocycles.